The molecule has 1 saturated carbocycles. The topological polar surface area (TPSA) is 26.0 Å². The summed E-state index contributed by atoms with van der Waals surface area (Å²) in [4.78, 5) is 4.44. The third-order valence-electron chi connectivity index (χ3n) is 3.32. The molecule has 0 unspecified atom stereocenters. The molecule has 3 heteroatoms. The number of oxazole rings is 1. The van der Waals surface area contributed by atoms with Crippen molar-refractivity contribution >= 4 is 11.1 Å². The van der Waals surface area contributed by atoms with Crippen LogP contribution in [0.3, 0.4) is 0 Å². The molecule has 0 N–H and O–H groups in total. The predicted molar refractivity (Wildman–Crippen MR) is 59.8 cm³/mol. The fourth-order valence-corrected chi connectivity index (χ4v) is 2.44. The van der Waals surface area contributed by atoms with Gasteiger partial charge in [0.05, 0.1) is 0 Å². The molecule has 1 fully saturated rings. The van der Waals surface area contributed by atoms with E-state index < -0.39 is 0 Å². The highest BCUT2D eigenvalue weighted by atomic mass is 19.1. The van der Waals surface area contributed by atoms with Crippen molar-refractivity contribution in [2.45, 2.75) is 38.0 Å². The lowest BCUT2D eigenvalue weighted by atomic mass is 9.89. The Bertz CT molecular complexity index is 500. The Morgan fingerprint density at radius 3 is 2.81 bits per heavy atom. The van der Waals surface area contributed by atoms with Crippen LogP contribution in [0.1, 0.15) is 43.9 Å². The first-order chi connectivity index (χ1) is 7.83. The van der Waals surface area contributed by atoms with E-state index in [1.165, 1.54) is 31.4 Å². The Morgan fingerprint density at radius 2 is 2.00 bits per heavy atom. The lowest BCUT2D eigenvalue weighted by Gasteiger charge is -2.17. The van der Waals surface area contributed by atoms with Crippen LogP contribution in [-0.2, 0) is 0 Å². The normalized spacial score (nSPS) is 18.1. The third-order valence-corrected chi connectivity index (χ3v) is 3.32. The van der Waals surface area contributed by atoms with Gasteiger partial charge in [-0.3, -0.25) is 0 Å². The molecular weight excluding hydrogens is 205 g/mol. The van der Waals surface area contributed by atoms with Crippen molar-refractivity contribution in [3.8, 4) is 0 Å². The summed E-state index contributed by atoms with van der Waals surface area (Å²) in [5.74, 6) is 0.961. The van der Waals surface area contributed by atoms with Gasteiger partial charge in [0, 0.05) is 12.0 Å². The second-order valence-corrected chi connectivity index (χ2v) is 4.50. The summed E-state index contributed by atoms with van der Waals surface area (Å²) in [5, 5.41) is 0. The van der Waals surface area contributed by atoms with Gasteiger partial charge in [0.1, 0.15) is 11.3 Å². The average Bonchev–Trinajstić information content (AvgIpc) is 2.73. The summed E-state index contributed by atoms with van der Waals surface area (Å²) in [6.45, 7) is 0. The lowest BCUT2D eigenvalue weighted by Crippen LogP contribution is -2.04. The minimum absolute atomic E-state index is 0.265. The molecule has 2 aromatic rings. The Kier molecular flexibility index (Phi) is 2.39. The number of hydrogen-bond acceptors (Lipinski definition) is 2. The summed E-state index contributed by atoms with van der Waals surface area (Å²) in [5.41, 5.74) is 1.34. The molecule has 1 heterocycles. The van der Waals surface area contributed by atoms with Gasteiger partial charge >= 0.3 is 0 Å². The van der Waals surface area contributed by atoms with Crippen LogP contribution >= 0.6 is 0 Å². The van der Waals surface area contributed by atoms with Crippen LogP contribution in [0.2, 0.25) is 0 Å². The van der Waals surface area contributed by atoms with Crippen LogP contribution in [0.4, 0.5) is 4.39 Å². The number of halogens is 1. The molecule has 0 saturated heterocycles. The molecule has 16 heavy (non-hydrogen) atoms. The molecule has 1 aromatic carbocycles. The highest BCUT2D eigenvalue weighted by Gasteiger charge is 2.20. The molecule has 0 aliphatic heterocycles. The summed E-state index contributed by atoms with van der Waals surface area (Å²) >= 11 is 0. The Hall–Kier alpha value is -1.38. The maximum absolute atomic E-state index is 13.0. The first kappa shape index (κ1) is 9.82. The second kappa shape index (κ2) is 3.89. The molecule has 2 nitrogen and oxygen atoms in total. The predicted octanol–water partition coefficient (Wildman–Crippen LogP) is 4.01. The van der Waals surface area contributed by atoms with Gasteiger partial charge in [-0.15, -0.1) is 0 Å². The van der Waals surface area contributed by atoms with Gasteiger partial charge in [0.15, 0.2) is 11.5 Å². The number of benzene rings is 1. The Morgan fingerprint density at radius 1 is 1.19 bits per heavy atom. The zero-order valence-electron chi connectivity index (χ0n) is 9.08. The first-order valence-electron chi connectivity index (χ1n) is 5.89. The van der Waals surface area contributed by atoms with E-state index in [4.69, 9.17) is 4.42 Å². The number of fused-ring (bicyclic) bond motifs is 1. The molecule has 1 aromatic heterocycles. The van der Waals surface area contributed by atoms with Crippen molar-refractivity contribution < 1.29 is 8.81 Å². The van der Waals surface area contributed by atoms with E-state index in [1.54, 1.807) is 6.07 Å². The molecule has 3 rings (SSSR count). The van der Waals surface area contributed by atoms with Crippen LogP contribution in [-0.4, -0.2) is 4.98 Å². The summed E-state index contributed by atoms with van der Waals surface area (Å²) < 4.78 is 18.6. The minimum Gasteiger partial charge on any atom is -0.440 e. The van der Waals surface area contributed by atoms with E-state index in [0.29, 0.717) is 11.5 Å². The zero-order valence-corrected chi connectivity index (χ0v) is 9.08. The van der Waals surface area contributed by atoms with Crippen LogP contribution in [0.15, 0.2) is 22.6 Å². The van der Waals surface area contributed by atoms with Gasteiger partial charge < -0.3 is 4.42 Å². The van der Waals surface area contributed by atoms with Crippen LogP contribution in [0, 0.1) is 5.82 Å². The Labute approximate surface area is 93.5 Å². The molecule has 0 amide bonds. The highest BCUT2D eigenvalue weighted by molar-refractivity contribution is 5.72. The second-order valence-electron chi connectivity index (χ2n) is 4.50. The van der Waals surface area contributed by atoms with Crippen molar-refractivity contribution in [3.63, 3.8) is 0 Å². The monoisotopic (exact) mass is 219 g/mol. The van der Waals surface area contributed by atoms with Crippen molar-refractivity contribution in [3.05, 3.63) is 29.9 Å². The van der Waals surface area contributed by atoms with E-state index >= 15 is 0 Å². The molecule has 1 aliphatic carbocycles. The fraction of sp³-hybridized carbons (Fsp3) is 0.462. The first-order valence-corrected chi connectivity index (χ1v) is 5.89. The van der Waals surface area contributed by atoms with E-state index in [2.05, 4.69) is 4.98 Å². The van der Waals surface area contributed by atoms with E-state index in [9.17, 15) is 4.39 Å². The van der Waals surface area contributed by atoms with E-state index in [1.807, 2.05) is 0 Å². The van der Waals surface area contributed by atoms with E-state index in [-0.39, 0.29) is 5.82 Å². The van der Waals surface area contributed by atoms with Gasteiger partial charge in [0.25, 0.3) is 0 Å². The number of aromatic nitrogens is 1. The SMILES string of the molecule is Fc1ccc2nc(C3CCCCC3)oc2c1. The number of hydrogen-bond donors (Lipinski definition) is 0. The lowest BCUT2D eigenvalue weighted by molar-refractivity contribution is 0.373. The third kappa shape index (κ3) is 1.70. The van der Waals surface area contributed by atoms with Crippen LogP contribution in [0.5, 0.6) is 0 Å². The van der Waals surface area contributed by atoms with Crippen molar-refractivity contribution in [2.75, 3.05) is 0 Å². The molecule has 1 aliphatic rings. The van der Waals surface area contributed by atoms with Crippen molar-refractivity contribution in [1.29, 1.82) is 0 Å². The van der Waals surface area contributed by atoms with Crippen LogP contribution < -0.4 is 0 Å². The summed E-state index contributed by atoms with van der Waals surface area (Å²) in [6.07, 6.45) is 6.10. The fourth-order valence-electron chi connectivity index (χ4n) is 2.44. The van der Waals surface area contributed by atoms with Gasteiger partial charge in [-0.2, -0.15) is 0 Å². The van der Waals surface area contributed by atoms with Gasteiger partial charge in [-0.25, -0.2) is 9.37 Å². The molecule has 84 valence electrons. The maximum atomic E-state index is 13.0. The van der Waals surface area contributed by atoms with Gasteiger partial charge in [0.2, 0.25) is 0 Å². The molecule has 0 spiro atoms. The van der Waals surface area contributed by atoms with Crippen molar-refractivity contribution in [2.24, 2.45) is 0 Å². The molecule has 0 atom stereocenters. The maximum Gasteiger partial charge on any atom is 0.198 e. The average molecular weight is 219 g/mol. The molecule has 0 radical (unpaired) electrons. The molecule has 0 bridgehead atoms. The van der Waals surface area contributed by atoms with Crippen LogP contribution in [0.25, 0.3) is 11.1 Å². The van der Waals surface area contributed by atoms with Gasteiger partial charge in [-0.1, -0.05) is 19.3 Å². The summed E-state index contributed by atoms with van der Waals surface area (Å²) in [7, 11) is 0. The quantitative estimate of drug-likeness (QED) is 0.724. The number of nitrogens with zero attached hydrogens (tertiary/aromatic N) is 1. The van der Waals surface area contributed by atoms with E-state index in [0.717, 1.165) is 24.2 Å². The largest absolute Gasteiger partial charge is 0.440 e. The standard InChI is InChI=1S/C13H14FNO/c14-10-6-7-11-12(8-10)16-13(15-11)9-4-2-1-3-5-9/h6-9H,1-5H2. The summed E-state index contributed by atoms with van der Waals surface area (Å²) in [6, 6.07) is 4.52. The minimum atomic E-state index is -0.265. The highest BCUT2D eigenvalue weighted by Crippen LogP contribution is 2.33. The smallest absolute Gasteiger partial charge is 0.198 e. The number of rotatable bonds is 1. The van der Waals surface area contributed by atoms with Crippen molar-refractivity contribution in [1.82, 2.24) is 4.98 Å². The zero-order chi connectivity index (χ0) is 11.0. The molecular formula is C13H14FNO. The van der Waals surface area contributed by atoms with Gasteiger partial charge in [-0.05, 0) is 25.0 Å². The Balaban J connectivity index is 1.97.